The molecule has 0 saturated carbocycles. The predicted octanol–water partition coefficient (Wildman–Crippen LogP) is 2.60. The Labute approximate surface area is 73.8 Å². The van der Waals surface area contributed by atoms with Gasteiger partial charge in [0, 0.05) is 11.4 Å². The molecule has 0 atom stereocenters. The van der Waals surface area contributed by atoms with Gasteiger partial charge in [-0.15, -0.1) is 5.11 Å². The summed E-state index contributed by atoms with van der Waals surface area (Å²) in [6.07, 6.45) is 4.66. The van der Waals surface area contributed by atoms with Crippen molar-refractivity contribution in [2.24, 2.45) is 5.11 Å². The van der Waals surface area contributed by atoms with Crippen molar-refractivity contribution in [3.05, 3.63) is 23.6 Å². The number of nitrogens with zero attached hydrogens (tertiary/aromatic N) is 1. The molecule has 0 bridgehead atoms. The van der Waals surface area contributed by atoms with E-state index in [1.807, 2.05) is 6.08 Å². The number of allylic oxidation sites excluding steroid dienone is 2. The number of ether oxygens (including phenoxy) is 1. The molecule has 0 aromatic heterocycles. The molecule has 0 aromatic carbocycles. The van der Waals surface area contributed by atoms with Crippen molar-refractivity contribution in [1.29, 1.82) is 5.53 Å². The maximum absolute atomic E-state index is 6.66. The fourth-order valence-corrected chi connectivity index (χ4v) is 1.31. The lowest BCUT2D eigenvalue weighted by molar-refractivity contribution is 0.225. The third kappa shape index (κ3) is 2.46. The standard InChI is InChI=1S/C7H9BrN2O/c8-4-3-6-1-2-7(10-9)11-5-6/h1-2,9H,3-5H2. The summed E-state index contributed by atoms with van der Waals surface area (Å²) in [5.74, 6) is 0.392. The van der Waals surface area contributed by atoms with Crippen LogP contribution in [0.25, 0.3) is 0 Å². The molecule has 1 aliphatic heterocycles. The van der Waals surface area contributed by atoms with Gasteiger partial charge >= 0.3 is 0 Å². The molecule has 1 heterocycles. The quantitative estimate of drug-likeness (QED) is 0.573. The molecule has 0 unspecified atom stereocenters. The highest BCUT2D eigenvalue weighted by Gasteiger charge is 2.04. The maximum atomic E-state index is 6.66. The van der Waals surface area contributed by atoms with Gasteiger partial charge in [0.25, 0.3) is 0 Å². The second-order valence-corrected chi connectivity index (χ2v) is 2.96. The number of hydrogen-bond donors (Lipinski definition) is 1. The minimum absolute atomic E-state index is 0.392. The molecule has 0 aliphatic carbocycles. The van der Waals surface area contributed by atoms with Crippen LogP contribution >= 0.6 is 15.9 Å². The van der Waals surface area contributed by atoms with E-state index in [2.05, 4.69) is 21.0 Å². The summed E-state index contributed by atoms with van der Waals surface area (Å²) in [7, 11) is 0. The smallest absolute Gasteiger partial charge is 0.232 e. The molecule has 0 saturated heterocycles. The summed E-state index contributed by atoms with van der Waals surface area (Å²) in [4.78, 5) is 0. The zero-order chi connectivity index (χ0) is 8.10. The Kier molecular flexibility index (Phi) is 3.29. The number of alkyl halides is 1. The summed E-state index contributed by atoms with van der Waals surface area (Å²) in [5, 5.41) is 4.12. The van der Waals surface area contributed by atoms with E-state index >= 15 is 0 Å². The first-order valence-corrected chi connectivity index (χ1v) is 4.45. The average molecular weight is 217 g/mol. The number of rotatable bonds is 3. The van der Waals surface area contributed by atoms with Crippen LogP contribution in [0.1, 0.15) is 6.42 Å². The zero-order valence-electron chi connectivity index (χ0n) is 6.01. The number of halogens is 1. The van der Waals surface area contributed by atoms with Gasteiger partial charge in [0.05, 0.1) is 0 Å². The van der Waals surface area contributed by atoms with Crippen LogP contribution < -0.4 is 0 Å². The Hall–Kier alpha value is -0.640. The molecule has 0 amide bonds. The van der Waals surface area contributed by atoms with Crippen LogP contribution in [-0.2, 0) is 4.74 Å². The number of nitrogens with one attached hydrogen (secondary N) is 1. The van der Waals surface area contributed by atoms with Crippen molar-refractivity contribution in [1.82, 2.24) is 0 Å². The van der Waals surface area contributed by atoms with Crippen molar-refractivity contribution < 1.29 is 4.74 Å². The van der Waals surface area contributed by atoms with E-state index in [9.17, 15) is 0 Å². The molecule has 60 valence electrons. The highest BCUT2D eigenvalue weighted by molar-refractivity contribution is 9.09. The zero-order valence-corrected chi connectivity index (χ0v) is 7.60. The van der Waals surface area contributed by atoms with Crippen LogP contribution in [-0.4, -0.2) is 11.9 Å². The third-order valence-electron chi connectivity index (χ3n) is 1.39. The van der Waals surface area contributed by atoms with Crippen LogP contribution in [0.2, 0.25) is 0 Å². The second-order valence-electron chi connectivity index (χ2n) is 2.17. The van der Waals surface area contributed by atoms with Crippen LogP contribution in [0, 0.1) is 5.53 Å². The Balaban J connectivity index is 2.54. The van der Waals surface area contributed by atoms with Crippen molar-refractivity contribution in [2.45, 2.75) is 6.42 Å². The van der Waals surface area contributed by atoms with Gasteiger partial charge in [-0.3, -0.25) is 0 Å². The van der Waals surface area contributed by atoms with Crippen LogP contribution in [0.4, 0.5) is 0 Å². The lowest BCUT2D eigenvalue weighted by Gasteiger charge is -2.11. The van der Waals surface area contributed by atoms with Gasteiger partial charge in [-0.05, 0) is 12.0 Å². The van der Waals surface area contributed by atoms with Gasteiger partial charge in [0.15, 0.2) is 0 Å². The normalized spacial score (nSPS) is 16.5. The molecule has 1 N–H and O–H groups in total. The second kappa shape index (κ2) is 4.28. The average Bonchev–Trinajstić information content (AvgIpc) is 2.07. The van der Waals surface area contributed by atoms with E-state index in [0.717, 1.165) is 11.8 Å². The summed E-state index contributed by atoms with van der Waals surface area (Å²) in [6.45, 7) is 0.569. The van der Waals surface area contributed by atoms with E-state index in [4.69, 9.17) is 10.3 Å². The molecule has 11 heavy (non-hydrogen) atoms. The van der Waals surface area contributed by atoms with Crippen molar-refractivity contribution >= 4 is 15.9 Å². The molecule has 4 heteroatoms. The molecular weight excluding hydrogens is 208 g/mol. The minimum Gasteiger partial charge on any atom is -0.472 e. The molecule has 0 fully saturated rings. The van der Waals surface area contributed by atoms with E-state index in [0.29, 0.717) is 12.5 Å². The lowest BCUT2D eigenvalue weighted by Crippen LogP contribution is -2.01. The minimum atomic E-state index is 0.392. The third-order valence-corrected chi connectivity index (χ3v) is 1.79. The van der Waals surface area contributed by atoms with Crippen molar-refractivity contribution in [3.8, 4) is 0 Å². The Morgan fingerprint density at radius 3 is 2.91 bits per heavy atom. The Morgan fingerprint density at radius 2 is 2.45 bits per heavy atom. The van der Waals surface area contributed by atoms with E-state index in [1.54, 1.807) is 6.08 Å². The predicted molar refractivity (Wildman–Crippen MR) is 45.7 cm³/mol. The fraction of sp³-hybridized carbons (Fsp3) is 0.429. The van der Waals surface area contributed by atoms with Gasteiger partial charge in [0.1, 0.15) is 6.61 Å². The Morgan fingerprint density at radius 1 is 1.64 bits per heavy atom. The summed E-state index contributed by atoms with van der Waals surface area (Å²) in [5.41, 5.74) is 7.89. The van der Waals surface area contributed by atoms with E-state index in [1.165, 1.54) is 5.57 Å². The highest BCUT2D eigenvalue weighted by atomic mass is 79.9. The van der Waals surface area contributed by atoms with Gasteiger partial charge < -0.3 is 4.74 Å². The van der Waals surface area contributed by atoms with Gasteiger partial charge in [0.2, 0.25) is 5.88 Å². The summed E-state index contributed by atoms with van der Waals surface area (Å²) in [6, 6.07) is 0. The monoisotopic (exact) mass is 216 g/mol. The van der Waals surface area contributed by atoms with E-state index in [-0.39, 0.29) is 0 Å². The maximum Gasteiger partial charge on any atom is 0.232 e. The van der Waals surface area contributed by atoms with Crippen molar-refractivity contribution in [2.75, 3.05) is 11.9 Å². The van der Waals surface area contributed by atoms with Gasteiger partial charge in [-0.2, -0.15) is 0 Å². The lowest BCUT2D eigenvalue weighted by atomic mass is 10.2. The molecular formula is C7H9BrN2O. The van der Waals surface area contributed by atoms with Crippen molar-refractivity contribution in [3.63, 3.8) is 0 Å². The molecule has 0 spiro atoms. The first kappa shape index (κ1) is 8.46. The first-order valence-electron chi connectivity index (χ1n) is 3.33. The molecule has 3 nitrogen and oxygen atoms in total. The van der Waals surface area contributed by atoms with Crippen LogP contribution in [0.15, 0.2) is 28.7 Å². The fourth-order valence-electron chi connectivity index (χ4n) is 0.798. The molecule has 1 rings (SSSR count). The van der Waals surface area contributed by atoms with Gasteiger partial charge in [-0.25, -0.2) is 5.53 Å². The molecule has 0 radical (unpaired) electrons. The SMILES string of the molecule is N=NC1=CC=C(CCBr)CO1. The largest absolute Gasteiger partial charge is 0.472 e. The summed E-state index contributed by atoms with van der Waals surface area (Å²) >= 11 is 3.34. The molecule has 0 aromatic rings. The first-order chi connectivity index (χ1) is 5.36. The topological polar surface area (TPSA) is 45.4 Å². The van der Waals surface area contributed by atoms with Gasteiger partial charge in [-0.1, -0.05) is 22.0 Å². The van der Waals surface area contributed by atoms with Crippen LogP contribution in [0.5, 0.6) is 0 Å². The Bertz CT molecular complexity index is 210. The van der Waals surface area contributed by atoms with Crippen LogP contribution in [0.3, 0.4) is 0 Å². The highest BCUT2D eigenvalue weighted by Crippen LogP contribution is 2.14. The number of hydrogen-bond acceptors (Lipinski definition) is 3. The van der Waals surface area contributed by atoms with E-state index < -0.39 is 0 Å². The molecule has 1 aliphatic rings. The summed E-state index contributed by atoms with van der Waals surface area (Å²) < 4.78 is 5.11.